The predicted octanol–water partition coefficient (Wildman–Crippen LogP) is 2.05. The maximum absolute atomic E-state index is 5.65. The third-order valence-electron chi connectivity index (χ3n) is 3.82. The van der Waals surface area contributed by atoms with Crippen molar-refractivity contribution in [2.45, 2.75) is 33.1 Å². The molecule has 0 aromatic heterocycles. The van der Waals surface area contributed by atoms with Crippen molar-refractivity contribution in [1.29, 1.82) is 0 Å². The lowest BCUT2D eigenvalue weighted by atomic mass is 9.83. The highest BCUT2D eigenvalue weighted by Gasteiger charge is 2.53. The van der Waals surface area contributed by atoms with Crippen LogP contribution in [0.3, 0.4) is 0 Å². The zero-order chi connectivity index (χ0) is 10.0. The Kier molecular flexibility index (Phi) is 3.13. The van der Waals surface area contributed by atoms with Gasteiger partial charge in [-0.05, 0) is 44.6 Å². The molecule has 2 unspecified atom stereocenters. The second-order valence-corrected chi connectivity index (χ2v) is 5.08. The number of ether oxygens (including phenoxy) is 1. The first-order chi connectivity index (χ1) is 6.79. The number of hydrogen-bond donors (Lipinski definition) is 1. The molecule has 0 radical (unpaired) electrons. The van der Waals surface area contributed by atoms with Gasteiger partial charge in [-0.3, -0.25) is 0 Å². The van der Waals surface area contributed by atoms with E-state index >= 15 is 0 Å². The van der Waals surface area contributed by atoms with Crippen molar-refractivity contribution < 1.29 is 4.74 Å². The normalized spacial score (nSPS) is 39.9. The molecule has 0 aromatic carbocycles. The van der Waals surface area contributed by atoms with Gasteiger partial charge in [0.25, 0.3) is 0 Å². The van der Waals surface area contributed by atoms with Crippen LogP contribution in [0.25, 0.3) is 0 Å². The molecule has 1 N–H and O–H groups in total. The molecule has 2 atom stereocenters. The molecule has 0 aromatic rings. The molecule has 0 saturated heterocycles. The van der Waals surface area contributed by atoms with Gasteiger partial charge in [0.15, 0.2) is 0 Å². The zero-order valence-electron chi connectivity index (χ0n) is 9.51. The Balaban J connectivity index is 1.84. The van der Waals surface area contributed by atoms with Gasteiger partial charge in [-0.2, -0.15) is 0 Å². The molecule has 2 nitrogen and oxygen atoms in total. The summed E-state index contributed by atoms with van der Waals surface area (Å²) in [5.41, 5.74) is 0.486. The third kappa shape index (κ3) is 2.12. The summed E-state index contributed by atoms with van der Waals surface area (Å²) in [6, 6.07) is 0. The highest BCUT2D eigenvalue weighted by atomic mass is 16.5. The van der Waals surface area contributed by atoms with Crippen molar-refractivity contribution in [2.24, 2.45) is 17.3 Å². The highest BCUT2D eigenvalue weighted by Crippen LogP contribution is 2.59. The van der Waals surface area contributed by atoms with Gasteiger partial charge in [-0.25, -0.2) is 0 Å². The number of hydrogen-bond acceptors (Lipinski definition) is 2. The molecule has 2 saturated carbocycles. The van der Waals surface area contributed by atoms with Gasteiger partial charge in [-0.1, -0.05) is 6.92 Å². The van der Waals surface area contributed by atoms with Gasteiger partial charge in [0.1, 0.15) is 0 Å². The van der Waals surface area contributed by atoms with Crippen LogP contribution in [0.15, 0.2) is 0 Å². The quantitative estimate of drug-likeness (QED) is 0.703. The molecule has 2 aliphatic carbocycles. The van der Waals surface area contributed by atoms with Crippen molar-refractivity contribution in [3.63, 3.8) is 0 Å². The van der Waals surface area contributed by atoms with Crippen molar-refractivity contribution in [1.82, 2.24) is 5.32 Å². The molecule has 0 amide bonds. The minimum atomic E-state index is 0.486. The fourth-order valence-electron chi connectivity index (χ4n) is 3.03. The van der Waals surface area contributed by atoms with Crippen LogP contribution in [-0.4, -0.2) is 26.3 Å². The van der Waals surface area contributed by atoms with E-state index in [1.807, 2.05) is 0 Å². The van der Waals surface area contributed by atoms with Crippen LogP contribution in [0.5, 0.6) is 0 Å². The van der Waals surface area contributed by atoms with Gasteiger partial charge in [0, 0.05) is 18.6 Å². The van der Waals surface area contributed by atoms with Gasteiger partial charge in [0.2, 0.25) is 0 Å². The lowest BCUT2D eigenvalue weighted by molar-refractivity contribution is 0.0464. The van der Waals surface area contributed by atoms with Crippen molar-refractivity contribution in [2.75, 3.05) is 26.3 Å². The van der Waals surface area contributed by atoms with E-state index in [9.17, 15) is 0 Å². The molecule has 14 heavy (non-hydrogen) atoms. The summed E-state index contributed by atoms with van der Waals surface area (Å²) >= 11 is 0. The van der Waals surface area contributed by atoms with Crippen LogP contribution in [-0.2, 0) is 4.74 Å². The van der Waals surface area contributed by atoms with Gasteiger partial charge < -0.3 is 10.1 Å². The first-order valence-electron chi connectivity index (χ1n) is 6.08. The van der Waals surface area contributed by atoms with Crippen molar-refractivity contribution >= 4 is 0 Å². The van der Waals surface area contributed by atoms with Gasteiger partial charge >= 0.3 is 0 Å². The number of fused-ring (bicyclic) bond motifs is 1. The van der Waals surface area contributed by atoms with Crippen LogP contribution in [0, 0.1) is 17.3 Å². The maximum atomic E-state index is 5.65. The van der Waals surface area contributed by atoms with E-state index in [1.54, 1.807) is 0 Å². The van der Waals surface area contributed by atoms with E-state index in [1.165, 1.54) is 19.3 Å². The highest BCUT2D eigenvalue weighted by molar-refractivity contribution is 5.04. The molecule has 0 heterocycles. The second kappa shape index (κ2) is 4.19. The predicted molar refractivity (Wildman–Crippen MR) is 58.3 cm³/mol. The molecule has 82 valence electrons. The Hall–Kier alpha value is -0.0800. The third-order valence-corrected chi connectivity index (χ3v) is 3.82. The summed E-state index contributed by atoms with van der Waals surface area (Å²) in [7, 11) is 0. The van der Waals surface area contributed by atoms with Crippen LogP contribution < -0.4 is 5.32 Å². The Morgan fingerprint density at radius 2 is 2.00 bits per heavy atom. The van der Waals surface area contributed by atoms with E-state index in [2.05, 4.69) is 19.2 Å². The fourth-order valence-corrected chi connectivity index (χ4v) is 3.03. The fraction of sp³-hybridized carbons (Fsp3) is 1.00. The molecule has 2 aliphatic rings. The Bertz CT molecular complexity index is 173. The van der Waals surface area contributed by atoms with E-state index in [4.69, 9.17) is 4.74 Å². The van der Waals surface area contributed by atoms with E-state index < -0.39 is 0 Å². The molecule has 0 spiro atoms. The smallest absolute Gasteiger partial charge is 0.0534 e. The molecular formula is C12H23NO. The summed E-state index contributed by atoms with van der Waals surface area (Å²) in [5, 5.41) is 3.50. The molecule has 0 aliphatic heterocycles. The average molecular weight is 197 g/mol. The largest absolute Gasteiger partial charge is 0.381 e. The zero-order valence-corrected chi connectivity index (χ0v) is 9.51. The molecule has 2 heteroatoms. The minimum Gasteiger partial charge on any atom is -0.381 e. The molecule has 2 fully saturated rings. The van der Waals surface area contributed by atoms with Gasteiger partial charge in [0.05, 0.1) is 6.61 Å². The van der Waals surface area contributed by atoms with Crippen molar-refractivity contribution in [3.8, 4) is 0 Å². The van der Waals surface area contributed by atoms with Crippen LogP contribution >= 0.6 is 0 Å². The average Bonchev–Trinajstić information content (AvgIpc) is 2.82. The number of nitrogens with one attached hydrogen (secondary N) is 1. The lowest BCUT2D eigenvalue weighted by Crippen LogP contribution is -2.37. The standard InChI is InChI=1S/C12H23NO/c1-3-13-8-12(9-14-4-2)6-10-5-11(10)7-12/h10-11,13H,3-9H2,1-2H3. The van der Waals surface area contributed by atoms with E-state index in [0.717, 1.165) is 38.1 Å². The first kappa shape index (κ1) is 10.4. The molecule has 0 bridgehead atoms. The Morgan fingerprint density at radius 1 is 1.29 bits per heavy atom. The topological polar surface area (TPSA) is 21.3 Å². The van der Waals surface area contributed by atoms with Crippen molar-refractivity contribution in [3.05, 3.63) is 0 Å². The first-order valence-corrected chi connectivity index (χ1v) is 6.08. The SMILES string of the molecule is CCNCC1(COCC)CC2CC2C1. The summed E-state index contributed by atoms with van der Waals surface area (Å²) in [4.78, 5) is 0. The van der Waals surface area contributed by atoms with E-state index in [-0.39, 0.29) is 0 Å². The Labute approximate surface area is 87.4 Å². The second-order valence-electron chi connectivity index (χ2n) is 5.08. The summed E-state index contributed by atoms with van der Waals surface area (Å²) < 4.78 is 5.65. The van der Waals surface area contributed by atoms with Crippen LogP contribution in [0.1, 0.15) is 33.1 Å². The van der Waals surface area contributed by atoms with Gasteiger partial charge in [-0.15, -0.1) is 0 Å². The minimum absolute atomic E-state index is 0.486. The number of rotatable bonds is 6. The summed E-state index contributed by atoms with van der Waals surface area (Å²) in [6.45, 7) is 8.37. The summed E-state index contributed by atoms with van der Waals surface area (Å²) in [6.07, 6.45) is 4.31. The lowest BCUT2D eigenvalue weighted by Gasteiger charge is -2.30. The van der Waals surface area contributed by atoms with Crippen LogP contribution in [0.2, 0.25) is 0 Å². The molecular weight excluding hydrogens is 174 g/mol. The monoisotopic (exact) mass is 197 g/mol. The van der Waals surface area contributed by atoms with E-state index in [0.29, 0.717) is 5.41 Å². The Morgan fingerprint density at radius 3 is 2.57 bits per heavy atom. The summed E-state index contributed by atoms with van der Waals surface area (Å²) in [5.74, 6) is 2.10. The maximum Gasteiger partial charge on any atom is 0.0534 e. The molecule has 2 rings (SSSR count). The van der Waals surface area contributed by atoms with Crippen LogP contribution in [0.4, 0.5) is 0 Å².